The van der Waals surface area contributed by atoms with Crippen molar-refractivity contribution < 1.29 is 4.74 Å². The van der Waals surface area contributed by atoms with E-state index >= 15 is 0 Å². The normalized spacial score (nSPS) is 21.4. The highest BCUT2D eigenvalue weighted by atomic mass is 16.5. The Kier molecular flexibility index (Phi) is 5.79. The third-order valence-corrected chi connectivity index (χ3v) is 3.75. The number of nitrogens with zero attached hydrogens (tertiary/aromatic N) is 2. The van der Waals surface area contributed by atoms with Crippen LogP contribution in [0.1, 0.15) is 37.8 Å². The number of guanidine groups is 1. The number of aliphatic imine (C=N–C) groups is 1. The van der Waals surface area contributed by atoms with Crippen molar-refractivity contribution in [3.8, 4) is 6.07 Å². The van der Waals surface area contributed by atoms with Crippen LogP contribution in [0.2, 0.25) is 0 Å². The van der Waals surface area contributed by atoms with Gasteiger partial charge in [0.25, 0.3) is 0 Å². The predicted molar refractivity (Wildman–Crippen MR) is 87.6 cm³/mol. The molecule has 0 spiro atoms. The average molecular weight is 300 g/mol. The third-order valence-electron chi connectivity index (χ3n) is 3.75. The molecule has 1 aliphatic rings. The van der Waals surface area contributed by atoms with E-state index in [0.29, 0.717) is 12.1 Å². The molecule has 1 atom stereocenters. The standard InChI is InChI=1S/C17H24N4O/c1-3-19-16(21-13-17(2)8-5-9-22-17)20-12-15-7-4-6-14(10-15)11-18/h4,6-7,10H,3,5,8-9,12-13H2,1-2H3,(H2,19,20,21). The highest BCUT2D eigenvalue weighted by Crippen LogP contribution is 2.23. The Morgan fingerprint density at radius 1 is 1.45 bits per heavy atom. The molecule has 2 N–H and O–H groups in total. The Balaban J connectivity index is 1.95. The molecule has 0 bridgehead atoms. The maximum Gasteiger partial charge on any atom is 0.191 e. The van der Waals surface area contributed by atoms with Gasteiger partial charge in [0.05, 0.1) is 23.8 Å². The molecule has 0 amide bonds. The fraction of sp³-hybridized carbons (Fsp3) is 0.529. The first-order chi connectivity index (χ1) is 10.6. The van der Waals surface area contributed by atoms with Crippen molar-refractivity contribution in [3.05, 3.63) is 35.4 Å². The summed E-state index contributed by atoms with van der Waals surface area (Å²) in [6.45, 7) is 7.11. The van der Waals surface area contributed by atoms with Gasteiger partial charge in [0.15, 0.2) is 5.96 Å². The van der Waals surface area contributed by atoms with Crippen molar-refractivity contribution in [2.24, 2.45) is 4.99 Å². The van der Waals surface area contributed by atoms with E-state index in [0.717, 1.165) is 44.1 Å². The first kappa shape index (κ1) is 16.3. The number of ether oxygens (including phenoxy) is 1. The Morgan fingerprint density at radius 2 is 2.32 bits per heavy atom. The van der Waals surface area contributed by atoms with E-state index in [1.807, 2.05) is 25.1 Å². The maximum absolute atomic E-state index is 8.93. The van der Waals surface area contributed by atoms with Gasteiger partial charge in [-0.3, -0.25) is 0 Å². The maximum atomic E-state index is 8.93. The van der Waals surface area contributed by atoms with E-state index in [1.54, 1.807) is 6.07 Å². The summed E-state index contributed by atoms with van der Waals surface area (Å²) in [6.07, 6.45) is 2.19. The molecule has 1 fully saturated rings. The summed E-state index contributed by atoms with van der Waals surface area (Å²) >= 11 is 0. The first-order valence-electron chi connectivity index (χ1n) is 7.80. The van der Waals surface area contributed by atoms with Crippen LogP contribution in [0.3, 0.4) is 0 Å². The monoisotopic (exact) mass is 300 g/mol. The molecular weight excluding hydrogens is 276 g/mol. The van der Waals surface area contributed by atoms with Gasteiger partial charge in [-0.05, 0) is 44.4 Å². The summed E-state index contributed by atoms with van der Waals surface area (Å²) in [7, 11) is 0. The van der Waals surface area contributed by atoms with Crippen LogP contribution in [0.5, 0.6) is 0 Å². The lowest BCUT2D eigenvalue weighted by molar-refractivity contribution is 0.0243. The molecule has 0 aliphatic carbocycles. The molecular formula is C17H24N4O. The second-order valence-electron chi connectivity index (χ2n) is 5.76. The van der Waals surface area contributed by atoms with E-state index in [1.165, 1.54) is 0 Å². The highest BCUT2D eigenvalue weighted by molar-refractivity contribution is 5.79. The SMILES string of the molecule is CCNC(=NCc1cccc(C#N)c1)NCC1(C)CCCO1. The van der Waals surface area contributed by atoms with Crippen LogP contribution in [0.4, 0.5) is 0 Å². The zero-order chi connectivity index (χ0) is 15.8. The van der Waals surface area contributed by atoms with Crippen LogP contribution in [0, 0.1) is 11.3 Å². The molecule has 5 nitrogen and oxygen atoms in total. The quantitative estimate of drug-likeness (QED) is 0.646. The number of nitriles is 1. The topological polar surface area (TPSA) is 69.4 Å². The van der Waals surface area contributed by atoms with Crippen molar-refractivity contribution >= 4 is 5.96 Å². The molecule has 1 unspecified atom stereocenters. The molecule has 1 aliphatic heterocycles. The van der Waals surface area contributed by atoms with Crippen LogP contribution in [0.25, 0.3) is 0 Å². The third kappa shape index (κ3) is 4.74. The minimum Gasteiger partial charge on any atom is -0.373 e. The van der Waals surface area contributed by atoms with E-state index in [2.05, 4.69) is 28.6 Å². The molecule has 0 saturated carbocycles. The van der Waals surface area contributed by atoms with Gasteiger partial charge in [0.1, 0.15) is 0 Å². The second-order valence-corrected chi connectivity index (χ2v) is 5.76. The number of rotatable bonds is 5. The van der Waals surface area contributed by atoms with Crippen LogP contribution in [0.15, 0.2) is 29.3 Å². The highest BCUT2D eigenvalue weighted by Gasteiger charge is 2.29. The summed E-state index contributed by atoms with van der Waals surface area (Å²) in [5.74, 6) is 0.779. The number of hydrogen-bond acceptors (Lipinski definition) is 3. The summed E-state index contributed by atoms with van der Waals surface area (Å²) in [5, 5.41) is 15.5. The molecule has 0 radical (unpaired) electrons. The van der Waals surface area contributed by atoms with E-state index < -0.39 is 0 Å². The average Bonchev–Trinajstić information content (AvgIpc) is 2.97. The molecule has 1 aromatic carbocycles. The number of benzene rings is 1. The molecule has 1 saturated heterocycles. The van der Waals surface area contributed by atoms with Crippen LogP contribution in [-0.2, 0) is 11.3 Å². The lowest BCUT2D eigenvalue weighted by Gasteiger charge is -2.24. The predicted octanol–water partition coefficient (Wildman–Crippen LogP) is 2.18. The smallest absolute Gasteiger partial charge is 0.191 e. The van der Waals surface area contributed by atoms with Crippen molar-refractivity contribution in [1.82, 2.24) is 10.6 Å². The van der Waals surface area contributed by atoms with Gasteiger partial charge < -0.3 is 15.4 Å². The Labute approximate surface area is 132 Å². The van der Waals surface area contributed by atoms with Gasteiger partial charge in [0.2, 0.25) is 0 Å². The van der Waals surface area contributed by atoms with Crippen molar-refractivity contribution in [2.45, 2.75) is 38.8 Å². The van der Waals surface area contributed by atoms with Crippen LogP contribution < -0.4 is 10.6 Å². The molecule has 1 aromatic rings. The summed E-state index contributed by atoms with van der Waals surface area (Å²) in [5.41, 5.74) is 1.59. The Bertz CT molecular complexity index is 556. The van der Waals surface area contributed by atoms with Crippen molar-refractivity contribution in [2.75, 3.05) is 19.7 Å². The minimum atomic E-state index is -0.100. The van der Waals surface area contributed by atoms with Gasteiger partial charge in [-0.2, -0.15) is 5.26 Å². The zero-order valence-corrected chi connectivity index (χ0v) is 13.4. The number of hydrogen-bond donors (Lipinski definition) is 2. The van der Waals surface area contributed by atoms with Gasteiger partial charge in [-0.1, -0.05) is 12.1 Å². The Morgan fingerprint density at radius 3 is 3.00 bits per heavy atom. The van der Waals surface area contributed by atoms with E-state index in [9.17, 15) is 0 Å². The van der Waals surface area contributed by atoms with Crippen molar-refractivity contribution in [1.29, 1.82) is 5.26 Å². The van der Waals surface area contributed by atoms with Crippen LogP contribution in [-0.4, -0.2) is 31.3 Å². The molecule has 22 heavy (non-hydrogen) atoms. The molecule has 1 heterocycles. The molecule has 5 heteroatoms. The minimum absolute atomic E-state index is 0.100. The largest absolute Gasteiger partial charge is 0.373 e. The molecule has 118 valence electrons. The first-order valence-corrected chi connectivity index (χ1v) is 7.80. The second kappa shape index (κ2) is 7.81. The van der Waals surface area contributed by atoms with Gasteiger partial charge in [-0.25, -0.2) is 4.99 Å². The lowest BCUT2D eigenvalue weighted by atomic mass is 10.0. The molecule has 2 rings (SSSR count). The van der Waals surface area contributed by atoms with Crippen LogP contribution >= 0.6 is 0 Å². The number of nitrogens with one attached hydrogen (secondary N) is 2. The van der Waals surface area contributed by atoms with Gasteiger partial charge in [0, 0.05) is 19.7 Å². The Hall–Kier alpha value is -2.06. The summed E-state index contributed by atoms with van der Waals surface area (Å²) < 4.78 is 5.78. The zero-order valence-electron chi connectivity index (χ0n) is 13.4. The summed E-state index contributed by atoms with van der Waals surface area (Å²) in [6, 6.07) is 9.69. The van der Waals surface area contributed by atoms with E-state index in [-0.39, 0.29) is 5.60 Å². The fourth-order valence-corrected chi connectivity index (χ4v) is 2.50. The van der Waals surface area contributed by atoms with Gasteiger partial charge >= 0.3 is 0 Å². The molecule has 0 aromatic heterocycles. The van der Waals surface area contributed by atoms with Gasteiger partial charge in [-0.15, -0.1) is 0 Å². The summed E-state index contributed by atoms with van der Waals surface area (Å²) in [4.78, 5) is 4.58. The van der Waals surface area contributed by atoms with Crippen molar-refractivity contribution in [3.63, 3.8) is 0 Å². The lowest BCUT2D eigenvalue weighted by Crippen LogP contribution is -2.45. The van der Waals surface area contributed by atoms with E-state index in [4.69, 9.17) is 10.00 Å². The fourth-order valence-electron chi connectivity index (χ4n) is 2.50.